The minimum absolute atomic E-state index is 0.242. The van der Waals surface area contributed by atoms with Crippen molar-refractivity contribution in [3.8, 4) is 6.07 Å². The molecule has 1 atom stereocenters. The maximum absolute atomic E-state index is 11.6. The summed E-state index contributed by atoms with van der Waals surface area (Å²) in [5.74, 6) is 0.371. The number of rotatable bonds is 5. The van der Waals surface area contributed by atoms with E-state index >= 15 is 0 Å². The Morgan fingerprint density at radius 3 is 2.57 bits per heavy atom. The minimum Gasteiger partial charge on any atom is -0.212 e. The van der Waals surface area contributed by atoms with Gasteiger partial charge in [-0.15, -0.1) is 0 Å². The highest BCUT2D eigenvalue weighted by atomic mass is 32.2. The van der Waals surface area contributed by atoms with Crippen LogP contribution in [0.1, 0.15) is 19.8 Å². The fourth-order valence-corrected chi connectivity index (χ4v) is 2.88. The molecule has 1 rings (SSSR count). The smallest absolute Gasteiger partial charge is 0.212 e. The first-order valence-electron chi connectivity index (χ1n) is 4.79. The van der Waals surface area contributed by atoms with E-state index < -0.39 is 10.0 Å². The molecule has 1 aliphatic carbocycles. The van der Waals surface area contributed by atoms with Gasteiger partial charge in [-0.1, -0.05) is 0 Å². The van der Waals surface area contributed by atoms with E-state index in [1.807, 2.05) is 6.07 Å². The van der Waals surface area contributed by atoms with Crippen molar-refractivity contribution < 1.29 is 8.42 Å². The summed E-state index contributed by atoms with van der Waals surface area (Å²) in [7, 11) is -1.57. The Morgan fingerprint density at radius 1 is 1.57 bits per heavy atom. The van der Waals surface area contributed by atoms with Crippen LogP contribution >= 0.6 is 0 Å². The van der Waals surface area contributed by atoms with Gasteiger partial charge in [0.25, 0.3) is 0 Å². The molecular formula is C9H16N2O2S. The van der Waals surface area contributed by atoms with Gasteiger partial charge in [0.1, 0.15) is 0 Å². The van der Waals surface area contributed by atoms with Crippen molar-refractivity contribution >= 4 is 10.0 Å². The van der Waals surface area contributed by atoms with Crippen molar-refractivity contribution in [2.45, 2.75) is 19.8 Å². The zero-order valence-electron chi connectivity index (χ0n) is 8.60. The lowest BCUT2D eigenvalue weighted by atomic mass is 10.2. The zero-order valence-corrected chi connectivity index (χ0v) is 9.42. The summed E-state index contributed by atoms with van der Waals surface area (Å²) in [4.78, 5) is 0. The molecule has 0 spiro atoms. The molecule has 5 heteroatoms. The predicted molar refractivity (Wildman–Crippen MR) is 53.9 cm³/mol. The molecule has 0 aromatic rings. The van der Waals surface area contributed by atoms with Crippen LogP contribution in [-0.4, -0.2) is 32.1 Å². The highest BCUT2D eigenvalue weighted by molar-refractivity contribution is 7.89. The predicted octanol–water partition coefficient (Wildman–Crippen LogP) is 0.818. The zero-order chi connectivity index (χ0) is 10.8. The molecular weight excluding hydrogens is 200 g/mol. The van der Waals surface area contributed by atoms with Crippen LogP contribution in [0.3, 0.4) is 0 Å². The molecule has 80 valence electrons. The summed E-state index contributed by atoms with van der Waals surface area (Å²) in [6.45, 7) is 2.02. The Morgan fingerprint density at radius 2 is 2.14 bits per heavy atom. The van der Waals surface area contributed by atoms with E-state index in [-0.39, 0.29) is 11.7 Å². The SMILES string of the molecule is CC(C#N)CN(C)S(=O)(=O)CC1CC1. The van der Waals surface area contributed by atoms with Crippen LogP contribution in [0.5, 0.6) is 0 Å². The average molecular weight is 216 g/mol. The molecule has 0 heterocycles. The molecule has 0 aliphatic heterocycles. The third-order valence-electron chi connectivity index (χ3n) is 2.37. The van der Waals surface area contributed by atoms with Gasteiger partial charge >= 0.3 is 0 Å². The van der Waals surface area contributed by atoms with Crippen LogP contribution in [0.4, 0.5) is 0 Å². The largest absolute Gasteiger partial charge is 0.214 e. The van der Waals surface area contributed by atoms with Gasteiger partial charge in [0.2, 0.25) is 10.0 Å². The first kappa shape index (κ1) is 11.5. The van der Waals surface area contributed by atoms with E-state index in [9.17, 15) is 8.42 Å². The van der Waals surface area contributed by atoms with Gasteiger partial charge in [0.15, 0.2) is 0 Å². The molecule has 0 aromatic carbocycles. The van der Waals surface area contributed by atoms with E-state index in [1.165, 1.54) is 4.31 Å². The molecule has 0 radical (unpaired) electrons. The second-order valence-electron chi connectivity index (χ2n) is 4.03. The van der Waals surface area contributed by atoms with Gasteiger partial charge in [0, 0.05) is 13.6 Å². The topological polar surface area (TPSA) is 61.2 Å². The minimum atomic E-state index is -3.12. The quantitative estimate of drug-likeness (QED) is 0.683. The van der Waals surface area contributed by atoms with Crippen molar-refractivity contribution in [2.75, 3.05) is 19.3 Å². The number of hydrogen-bond acceptors (Lipinski definition) is 3. The molecule has 0 aromatic heterocycles. The molecule has 1 unspecified atom stereocenters. The van der Waals surface area contributed by atoms with Gasteiger partial charge in [-0.05, 0) is 25.7 Å². The molecule has 14 heavy (non-hydrogen) atoms. The number of nitrogens with zero attached hydrogens (tertiary/aromatic N) is 2. The van der Waals surface area contributed by atoms with Crippen molar-refractivity contribution in [3.63, 3.8) is 0 Å². The normalized spacial score (nSPS) is 19.3. The number of nitriles is 1. The van der Waals surface area contributed by atoms with Crippen molar-refractivity contribution in [3.05, 3.63) is 0 Å². The molecule has 0 bridgehead atoms. The summed E-state index contributed by atoms with van der Waals surface area (Å²) in [6, 6.07) is 2.03. The van der Waals surface area contributed by atoms with Gasteiger partial charge in [-0.2, -0.15) is 5.26 Å². The van der Waals surface area contributed by atoms with Crippen LogP contribution in [0.25, 0.3) is 0 Å². The second-order valence-corrected chi connectivity index (χ2v) is 6.15. The molecule has 1 fully saturated rings. The molecule has 0 amide bonds. The molecule has 1 aliphatic rings. The lowest BCUT2D eigenvalue weighted by Gasteiger charge is -2.17. The second kappa shape index (κ2) is 4.28. The van der Waals surface area contributed by atoms with E-state index in [0.717, 1.165) is 12.8 Å². The molecule has 4 nitrogen and oxygen atoms in total. The average Bonchev–Trinajstić information content (AvgIpc) is 2.87. The van der Waals surface area contributed by atoms with Crippen molar-refractivity contribution in [1.29, 1.82) is 5.26 Å². The third kappa shape index (κ3) is 3.28. The van der Waals surface area contributed by atoms with Gasteiger partial charge in [-0.25, -0.2) is 12.7 Å². The van der Waals surface area contributed by atoms with Crippen molar-refractivity contribution in [2.24, 2.45) is 11.8 Å². The maximum Gasteiger partial charge on any atom is 0.214 e. The monoisotopic (exact) mass is 216 g/mol. The highest BCUT2D eigenvalue weighted by Gasteiger charge is 2.30. The van der Waals surface area contributed by atoms with E-state index in [4.69, 9.17) is 5.26 Å². The Kier molecular flexibility index (Phi) is 3.51. The van der Waals surface area contributed by atoms with Crippen LogP contribution < -0.4 is 0 Å². The lowest BCUT2D eigenvalue weighted by Crippen LogP contribution is -2.33. The van der Waals surface area contributed by atoms with E-state index in [1.54, 1.807) is 14.0 Å². The summed E-state index contributed by atoms with van der Waals surface area (Å²) in [5, 5.41) is 8.57. The number of sulfonamides is 1. The fourth-order valence-electron chi connectivity index (χ4n) is 1.25. The van der Waals surface area contributed by atoms with E-state index in [2.05, 4.69) is 0 Å². The molecule has 0 N–H and O–H groups in total. The Bertz CT molecular complexity index is 327. The van der Waals surface area contributed by atoms with Crippen LogP contribution in [0, 0.1) is 23.2 Å². The Labute approximate surface area is 85.6 Å². The van der Waals surface area contributed by atoms with Crippen LogP contribution in [0.15, 0.2) is 0 Å². The van der Waals surface area contributed by atoms with Crippen LogP contribution in [0.2, 0.25) is 0 Å². The summed E-state index contributed by atoms with van der Waals surface area (Å²) in [6.07, 6.45) is 2.06. The molecule has 1 saturated carbocycles. The lowest BCUT2D eigenvalue weighted by molar-refractivity contribution is 0.437. The fraction of sp³-hybridized carbons (Fsp3) is 0.889. The standard InChI is InChI=1S/C9H16N2O2S/c1-8(5-10)6-11(2)14(12,13)7-9-3-4-9/h8-9H,3-4,6-7H2,1-2H3. The molecule has 0 saturated heterocycles. The van der Waals surface area contributed by atoms with Gasteiger partial charge in [0.05, 0.1) is 17.7 Å². The maximum atomic E-state index is 11.6. The number of hydrogen-bond donors (Lipinski definition) is 0. The summed E-state index contributed by atoms with van der Waals surface area (Å²) in [5.41, 5.74) is 0. The first-order valence-corrected chi connectivity index (χ1v) is 6.40. The third-order valence-corrected chi connectivity index (χ3v) is 4.36. The summed E-state index contributed by atoms with van der Waals surface area (Å²) < 4.78 is 24.6. The van der Waals surface area contributed by atoms with Crippen molar-refractivity contribution in [1.82, 2.24) is 4.31 Å². The van der Waals surface area contributed by atoms with Gasteiger partial charge in [-0.3, -0.25) is 0 Å². The van der Waals surface area contributed by atoms with Crippen LogP contribution in [-0.2, 0) is 10.0 Å². The van der Waals surface area contributed by atoms with E-state index in [0.29, 0.717) is 12.5 Å². The first-order chi connectivity index (χ1) is 6.45. The summed E-state index contributed by atoms with van der Waals surface area (Å²) >= 11 is 0. The van der Waals surface area contributed by atoms with Gasteiger partial charge < -0.3 is 0 Å². The highest BCUT2D eigenvalue weighted by Crippen LogP contribution is 2.30. The Balaban J connectivity index is 2.49. The Hall–Kier alpha value is -0.600.